The first-order valence-corrected chi connectivity index (χ1v) is 40.7. The topological polar surface area (TPSA) is 562 Å². The Hall–Kier alpha value is -10.2. The summed E-state index contributed by atoms with van der Waals surface area (Å²) in [7, 11) is 0. The van der Waals surface area contributed by atoms with E-state index >= 15 is 9.59 Å². The van der Waals surface area contributed by atoms with Crippen molar-refractivity contribution in [3.8, 4) is 0 Å². The van der Waals surface area contributed by atoms with Gasteiger partial charge >= 0.3 is 11.9 Å². The molecule has 4 heterocycles. The number of thioether (sulfide) groups is 3. The zero-order valence-electron chi connectivity index (χ0n) is 62.9. The number of aromatic amines is 1. The molecule has 2 saturated heterocycles. The fraction of sp³-hybridized carbons (Fsp3) is 0.514. The third kappa shape index (κ3) is 29.1. The third-order valence-electron chi connectivity index (χ3n) is 18.8. The molecule has 0 spiro atoms. The highest BCUT2D eigenvalue weighted by Gasteiger charge is 2.46. The van der Waals surface area contributed by atoms with E-state index in [1.54, 1.807) is 72.8 Å². The van der Waals surface area contributed by atoms with Crippen LogP contribution in [0.2, 0.25) is 0 Å². The molecule has 3 aliphatic rings. The molecule has 1 unspecified atom stereocenters. The maximum absolute atomic E-state index is 15.2. The van der Waals surface area contributed by atoms with Gasteiger partial charge < -0.3 is 100 Å². The van der Waals surface area contributed by atoms with Crippen LogP contribution in [0.1, 0.15) is 106 Å². The van der Waals surface area contributed by atoms with Crippen LogP contribution in [0.5, 0.6) is 0 Å². The number of hydrogen-bond acceptors (Lipinski definition) is 23. The molecule has 113 heavy (non-hydrogen) atoms. The van der Waals surface area contributed by atoms with Gasteiger partial charge in [0.2, 0.25) is 76.8 Å². The van der Waals surface area contributed by atoms with Crippen molar-refractivity contribution < 1.29 is 87.2 Å². The summed E-state index contributed by atoms with van der Waals surface area (Å²) in [5.41, 5.74) is 19.5. The van der Waals surface area contributed by atoms with Crippen molar-refractivity contribution in [1.82, 2.24) is 78.3 Å². The number of carboxylic acid groups (broad SMARTS) is 2. The van der Waals surface area contributed by atoms with E-state index in [9.17, 15) is 77.6 Å². The van der Waals surface area contributed by atoms with E-state index in [4.69, 9.17) is 17.2 Å². The molecule has 0 saturated carbocycles. The number of hydrogen-bond donors (Lipinski definition) is 18. The maximum atomic E-state index is 15.2. The van der Waals surface area contributed by atoms with Crippen molar-refractivity contribution in [1.29, 1.82) is 0 Å². The number of primary amides is 1. The SMILES string of the molecule is CSCC[C@H](NC(C)=O)C(=O)N[C@H]1CSCc2cccc(c2)CSC[C@@H](C(=O)NC(CC(=O)O)C(=O)N[C@@H](Cc2c[nH]cn2)C(=O)N[C@@H](Cc2ccccc2)C(=O)N[C@@H](CCCNC(N)N)C(N)=O)NC(=O)[C@H](Cc2ccccc2)NC(=O)[C@H](CCC(=O)O)NC(=O)[C@H]([C@@H](C)O)NC(=O)[C@@H]2CCCN2C(=O)[C@@H]2CCCN2C1=O. The molecule has 3 aliphatic heterocycles. The number of nitrogens with two attached hydrogens (primary N) is 3. The standard InChI is InChI=1S/C74H102N18O18S3/c1-41(93)61-71(108)83-49(23-24-59(95)96)63(100)84-52(32-44-16-8-5-9-17-44)66(103)88-55(69(106)87-54(34-60(97)98)68(105)86-53(33-47-35-78-40-80-47)67(104)85-51(31-43-14-6-4-7-15-43)65(102)82-48(62(75)99)20-11-26-79-74(76)77)38-112-36-45-18-10-19-46(30-45)37-113-39-56(89-64(101)50(25-29-111-3)81-42(2)94)72(109)92-28-13-22-58(92)73(110)91-27-12-21-57(91)70(107)90-61/h4-10,14-19,30,35,40-41,48-58,61,74,79,93H,11-13,20-29,31-34,36-39,76-77H2,1-3H3,(H2,75,99)(H,78,80)(H,81,94)(H,82,102)(H,83,108)(H,84,100)(H,85,104)(H,86,105)(H,87,106)(H,88,103)(H,89,101)(H,90,107)(H,95,96)(H,97,98)/t41-,48+,49+,50+,51+,52+,53+,54?,55+,56+,57+,58+,61+/m1/s1. The lowest BCUT2D eigenvalue weighted by atomic mass is 10.0. The van der Waals surface area contributed by atoms with E-state index < -0.39 is 199 Å². The Morgan fingerprint density at radius 2 is 1.23 bits per heavy atom. The van der Waals surface area contributed by atoms with Gasteiger partial charge in [0, 0.05) is 74.9 Å². The summed E-state index contributed by atoms with van der Waals surface area (Å²) in [5, 5.41) is 60.1. The number of H-pyrrole nitrogens is 1. The average Bonchev–Trinajstić information content (AvgIpc) is 1.66. The number of rotatable bonds is 32. The average molecular weight is 1630 g/mol. The molecule has 4 aromatic rings. The smallest absolute Gasteiger partial charge is 0.305 e. The van der Waals surface area contributed by atoms with Crippen molar-refractivity contribution in [2.24, 2.45) is 17.2 Å². The first kappa shape index (κ1) is 90.0. The molecule has 21 N–H and O–H groups in total. The molecule has 2 fully saturated rings. The Morgan fingerprint density at radius 3 is 1.82 bits per heavy atom. The lowest BCUT2D eigenvalue weighted by molar-refractivity contribution is -0.148. The molecule has 0 aliphatic carbocycles. The first-order valence-electron chi connectivity index (χ1n) is 37.0. The summed E-state index contributed by atoms with van der Waals surface area (Å²) in [4.78, 5) is 221. The van der Waals surface area contributed by atoms with Crippen LogP contribution in [-0.4, -0.2) is 252 Å². The van der Waals surface area contributed by atoms with Crippen molar-refractivity contribution >= 4 is 124 Å². The van der Waals surface area contributed by atoms with Crippen molar-refractivity contribution in [2.75, 3.05) is 43.1 Å². The molecular formula is C74H102N18O18S3. The Labute approximate surface area is 665 Å². The molecule has 614 valence electrons. The Bertz CT molecular complexity index is 3950. The predicted octanol–water partition coefficient (Wildman–Crippen LogP) is -3.00. The first-order chi connectivity index (χ1) is 54.0. The van der Waals surface area contributed by atoms with Crippen LogP contribution in [0.25, 0.3) is 0 Å². The van der Waals surface area contributed by atoms with Gasteiger partial charge in [-0.15, -0.1) is 0 Å². The van der Waals surface area contributed by atoms with Gasteiger partial charge in [-0.1, -0.05) is 84.9 Å². The van der Waals surface area contributed by atoms with Crippen LogP contribution in [0.3, 0.4) is 0 Å². The van der Waals surface area contributed by atoms with Gasteiger partial charge in [-0.25, -0.2) is 4.98 Å². The highest BCUT2D eigenvalue weighted by atomic mass is 32.2. The zero-order chi connectivity index (χ0) is 82.3. The van der Waals surface area contributed by atoms with Crippen molar-refractivity contribution in [2.45, 2.75) is 194 Å². The van der Waals surface area contributed by atoms with Crippen LogP contribution in [-0.2, 0) is 103 Å². The summed E-state index contributed by atoms with van der Waals surface area (Å²) < 4.78 is 0. The second-order valence-corrected chi connectivity index (χ2v) is 30.7. The van der Waals surface area contributed by atoms with Crippen LogP contribution >= 0.6 is 35.3 Å². The van der Waals surface area contributed by atoms with Gasteiger partial charge in [0.05, 0.1) is 24.5 Å². The summed E-state index contributed by atoms with van der Waals surface area (Å²) >= 11 is 3.79. The van der Waals surface area contributed by atoms with Crippen molar-refractivity contribution in [3.05, 3.63) is 125 Å². The van der Waals surface area contributed by atoms with E-state index in [0.29, 0.717) is 35.3 Å². The van der Waals surface area contributed by atoms with Gasteiger partial charge in [0.25, 0.3) is 0 Å². The quantitative estimate of drug-likeness (QED) is 0.0171. The second-order valence-electron chi connectivity index (χ2n) is 27.7. The molecule has 36 nitrogen and oxygen atoms in total. The summed E-state index contributed by atoms with van der Waals surface area (Å²) in [5.74, 6) is -14.4. The zero-order valence-corrected chi connectivity index (χ0v) is 65.4. The summed E-state index contributed by atoms with van der Waals surface area (Å²) in [6.07, 6.45) is 0.0412. The predicted molar refractivity (Wildman–Crippen MR) is 418 cm³/mol. The minimum Gasteiger partial charge on any atom is -0.481 e. The third-order valence-corrected chi connectivity index (χ3v) is 21.7. The van der Waals surface area contributed by atoms with Crippen LogP contribution < -0.4 is 75.7 Å². The number of aliphatic hydroxyl groups excluding tert-OH is 1. The number of carbonyl (C=O) groups is 15. The molecule has 13 atom stereocenters. The number of nitrogens with zero attached hydrogens (tertiary/aromatic N) is 3. The van der Waals surface area contributed by atoms with E-state index in [1.165, 1.54) is 52.8 Å². The van der Waals surface area contributed by atoms with Gasteiger partial charge in [-0.2, -0.15) is 35.3 Å². The minimum absolute atomic E-state index is 0.0318. The molecule has 3 aromatic carbocycles. The number of aromatic nitrogens is 2. The lowest BCUT2D eigenvalue weighted by Gasteiger charge is -2.34. The van der Waals surface area contributed by atoms with E-state index in [1.807, 2.05) is 18.4 Å². The lowest BCUT2D eigenvalue weighted by Crippen LogP contribution is -2.62. The normalized spacial score (nSPS) is 21.2. The van der Waals surface area contributed by atoms with Crippen LogP contribution in [0, 0.1) is 0 Å². The Balaban J connectivity index is 1.24. The number of carboxylic acids is 2. The maximum Gasteiger partial charge on any atom is 0.305 e. The molecule has 0 radical (unpaired) electrons. The van der Waals surface area contributed by atoms with Gasteiger partial charge in [-0.3, -0.25) is 77.2 Å². The molecule has 2 bridgehead atoms. The largest absolute Gasteiger partial charge is 0.481 e. The minimum atomic E-state index is -2.04. The van der Waals surface area contributed by atoms with Gasteiger partial charge in [0.15, 0.2) is 0 Å². The molecular weight excluding hydrogens is 1530 g/mol. The molecule has 39 heteroatoms. The van der Waals surface area contributed by atoms with Gasteiger partial charge in [0.1, 0.15) is 78.8 Å². The highest BCUT2D eigenvalue weighted by molar-refractivity contribution is 7.99. The molecule has 1 aromatic heterocycles. The van der Waals surface area contributed by atoms with E-state index in [0.717, 1.165) is 24.2 Å². The monoisotopic (exact) mass is 1630 g/mol. The Kier molecular flexibility index (Phi) is 36.2. The second kappa shape index (κ2) is 45.5. The van der Waals surface area contributed by atoms with E-state index in [2.05, 4.69) is 68.5 Å². The fourth-order valence-corrected chi connectivity index (χ4v) is 15.5. The Morgan fingerprint density at radius 1 is 0.637 bits per heavy atom. The number of carbonyl (C=O) groups excluding carboxylic acids is 13. The summed E-state index contributed by atoms with van der Waals surface area (Å²) in [6, 6.07) is 5.62. The van der Waals surface area contributed by atoms with Crippen molar-refractivity contribution in [3.63, 3.8) is 0 Å². The number of aliphatic carboxylic acids is 2. The molecule has 13 amide bonds. The van der Waals surface area contributed by atoms with Gasteiger partial charge in [-0.05, 0) is 99.1 Å². The number of amides is 13. The number of benzene rings is 3. The molecule has 7 rings (SSSR count). The van der Waals surface area contributed by atoms with Crippen LogP contribution in [0.4, 0.5) is 0 Å². The fourth-order valence-electron chi connectivity index (χ4n) is 13.0. The number of nitrogens with one attached hydrogen (secondary N) is 12. The highest BCUT2D eigenvalue weighted by Crippen LogP contribution is 2.28. The number of fused-ring (bicyclic) bond motifs is 4. The van der Waals surface area contributed by atoms with E-state index in [-0.39, 0.29) is 93.3 Å². The number of imidazole rings is 1. The summed E-state index contributed by atoms with van der Waals surface area (Å²) in [6.45, 7) is 2.82. The van der Waals surface area contributed by atoms with Crippen LogP contribution in [0.15, 0.2) is 97.5 Å². The number of aliphatic hydroxyl groups is 1.